The van der Waals surface area contributed by atoms with Crippen LogP contribution in [0.1, 0.15) is 65.1 Å². The summed E-state index contributed by atoms with van der Waals surface area (Å²) in [6, 6.07) is 6.88. The first-order valence-corrected chi connectivity index (χ1v) is 12.0. The van der Waals surface area contributed by atoms with E-state index in [1.807, 2.05) is 33.8 Å². The van der Waals surface area contributed by atoms with Crippen LogP contribution in [0.25, 0.3) is 11.0 Å². The van der Waals surface area contributed by atoms with E-state index >= 15 is 0 Å². The monoisotopic (exact) mass is 505 g/mol. The summed E-state index contributed by atoms with van der Waals surface area (Å²) in [5.74, 6) is -0.920. The molecule has 3 N–H and O–H groups in total. The quantitative estimate of drug-likeness (QED) is 0.400. The number of carboxylic acid groups (broad SMARTS) is 1. The molecule has 10 nitrogen and oxygen atoms in total. The van der Waals surface area contributed by atoms with Crippen LogP contribution in [0.5, 0.6) is 5.75 Å². The predicted molar refractivity (Wildman–Crippen MR) is 139 cm³/mol. The van der Waals surface area contributed by atoms with Gasteiger partial charge in [-0.15, -0.1) is 0 Å². The molecule has 0 unspecified atom stereocenters. The lowest BCUT2D eigenvalue weighted by Gasteiger charge is -2.22. The number of ketones is 1. The highest BCUT2D eigenvalue weighted by molar-refractivity contribution is 6.08. The summed E-state index contributed by atoms with van der Waals surface area (Å²) in [5, 5.41) is 20.6. The van der Waals surface area contributed by atoms with Crippen molar-refractivity contribution >= 4 is 34.5 Å². The minimum absolute atomic E-state index is 0.0467. The molecule has 0 fully saturated rings. The molecule has 194 valence electrons. The average Bonchev–Trinajstić information content (AvgIpc) is 3.36. The van der Waals surface area contributed by atoms with Crippen LogP contribution in [0.4, 0.5) is 0 Å². The number of nitrogens with one attached hydrogen (secondary N) is 2. The number of amides is 1. The van der Waals surface area contributed by atoms with E-state index in [0.29, 0.717) is 46.6 Å². The minimum Gasteiger partial charge on any atom is -0.493 e. The topological polar surface area (TPSA) is 138 Å². The number of imidazole rings is 1. The number of ether oxygens (including phenoxy) is 1. The fraction of sp³-hybridized carbons (Fsp3) is 0.370. The molecule has 1 aromatic heterocycles. The molecule has 10 heteroatoms. The van der Waals surface area contributed by atoms with Gasteiger partial charge in [0.1, 0.15) is 18.1 Å². The number of carbonyl (C=O) groups excluding carboxylic acids is 2. The summed E-state index contributed by atoms with van der Waals surface area (Å²) in [6.07, 6.45) is 1.48. The number of rotatable bonds is 8. The fourth-order valence-corrected chi connectivity index (χ4v) is 4.58. The van der Waals surface area contributed by atoms with Crippen LogP contribution in [0.3, 0.4) is 0 Å². The number of aromatic nitrogens is 2. The normalized spacial score (nSPS) is 13.1. The number of hydrogen-bond acceptors (Lipinski definition) is 6. The highest BCUT2D eigenvalue weighted by Gasteiger charge is 2.30. The van der Waals surface area contributed by atoms with Crippen LogP contribution in [-0.4, -0.2) is 63.3 Å². The maximum absolute atomic E-state index is 13.5. The standard InChI is InChI=1S/C27H31N5O5/c1-6-37-22-9-16-11-31(25(28)17(16)10-18(22)26(36)29-5)12-21(33)15-7-19(27(2,3)4)24-20(8-15)32(14-30-24)13-23(34)35/h7-10,14,28H,6,11-13H2,1-5H3,(H,29,36)(H,34,35). The first-order chi connectivity index (χ1) is 17.4. The third-order valence-corrected chi connectivity index (χ3v) is 6.40. The molecule has 3 aromatic rings. The lowest BCUT2D eigenvalue weighted by Crippen LogP contribution is -2.30. The van der Waals surface area contributed by atoms with Crippen LogP contribution in [0.2, 0.25) is 0 Å². The minimum atomic E-state index is -1.00. The van der Waals surface area contributed by atoms with Crippen LogP contribution in [0, 0.1) is 5.41 Å². The van der Waals surface area contributed by atoms with E-state index in [2.05, 4.69) is 10.3 Å². The molecule has 4 rings (SSSR count). The molecule has 0 bridgehead atoms. The smallest absolute Gasteiger partial charge is 0.323 e. The molecule has 1 amide bonds. The number of hydrogen-bond donors (Lipinski definition) is 3. The van der Waals surface area contributed by atoms with Gasteiger partial charge in [0.25, 0.3) is 5.91 Å². The van der Waals surface area contributed by atoms with Crippen LogP contribution < -0.4 is 10.1 Å². The van der Waals surface area contributed by atoms with Crippen molar-refractivity contribution in [2.75, 3.05) is 20.2 Å². The van der Waals surface area contributed by atoms with E-state index in [9.17, 15) is 19.5 Å². The number of Topliss-reactive ketones (excluding diaryl/α,β-unsaturated/α-hetero) is 1. The second-order valence-electron chi connectivity index (χ2n) is 10.1. The molecular formula is C27H31N5O5. The molecule has 0 spiro atoms. The molecular weight excluding hydrogens is 474 g/mol. The Morgan fingerprint density at radius 2 is 1.89 bits per heavy atom. The van der Waals surface area contributed by atoms with Crippen molar-refractivity contribution in [2.45, 2.75) is 46.2 Å². The number of amidine groups is 1. The highest BCUT2D eigenvalue weighted by Crippen LogP contribution is 2.33. The van der Waals surface area contributed by atoms with Gasteiger partial charge in [-0.3, -0.25) is 19.8 Å². The maximum Gasteiger partial charge on any atom is 0.323 e. The average molecular weight is 506 g/mol. The van der Waals surface area contributed by atoms with Crippen molar-refractivity contribution in [3.63, 3.8) is 0 Å². The zero-order valence-electron chi connectivity index (χ0n) is 21.6. The van der Waals surface area contributed by atoms with E-state index in [1.165, 1.54) is 17.9 Å². The summed E-state index contributed by atoms with van der Waals surface area (Å²) in [5.41, 5.74) is 3.90. The third kappa shape index (κ3) is 4.91. The van der Waals surface area contributed by atoms with Crippen LogP contribution in [0.15, 0.2) is 30.6 Å². The second kappa shape index (κ2) is 9.68. The van der Waals surface area contributed by atoms with Gasteiger partial charge in [0, 0.05) is 24.7 Å². The number of aliphatic carboxylic acids is 1. The Kier molecular flexibility index (Phi) is 6.77. The zero-order chi connectivity index (χ0) is 27.1. The zero-order valence-corrected chi connectivity index (χ0v) is 21.6. The Bertz CT molecular complexity index is 1430. The van der Waals surface area contributed by atoms with Gasteiger partial charge in [-0.25, -0.2) is 4.98 Å². The van der Waals surface area contributed by atoms with Gasteiger partial charge in [-0.1, -0.05) is 20.8 Å². The van der Waals surface area contributed by atoms with E-state index in [1.54, 1.807) is 23.1 Å². The Morgan fingerprint density at radius 1 is 1.16 bits per heavy atom. The Morgan fingerprint density at radius 3 is 2.51 bits per heavy atom. The first-order valence-electron chi connectivity index (χ1n) is 12.0. The highest BCUT2D eigenvalue weighted by atomic mass is 16.5. The number of nitrogens with zero attached hydrogens (tertiary/aromatic N) is 3. The fourth-order valence-electron chi connectivity index (χ4n) is 4.58. The molecule has 0 aliphatic carbocycles. The lowest BCUT2D eigenvalue weighted by molar-refractivity contribution is -0.137. The summed E-state index contributed by atoms with van der Waals surface area (Å²) >= 11 is 0. The Hall–Kier alpha value is -4.21. The molecule has 0 saturated heterocycles. The number of benzene rings is 2. The molecule has 0 atom stereocenters. The summed E-state index contributed by atoms with van der Waals surface area (Å²) in [7, 11) is 1.53. The molecule has 0 radical (unpaired) electrons. The number of fused-ring (bicyclic) bond motifs is 2. The van der Waals surface area contributed by atoms with E-state index in [0.717, 1.165) is 11.1 Å². The molecule has 2 heterocycles. The van der Waals surface area contributed by atoms with Crippen molar-refractivity contribution in [2.24, 2.45) is 0 Å². The third-order valence-electron chi connectivity index (χ3n) is 6.40. The molecule has 1 aliphatic heterocycles. The van der Waals surface area contributed by atoms with Gasteiger partial charge < -0.3 is 24.6 Å². The van der Waals surface area contributed by atoms with Crippen molar-refractivity contribution in [1.82, 2.24) is 19.8 Å². The van der Waals surface area contributed by atoms with Crippen molar-refractivity contribution < 1.29 is 24.2 Å². The van der Waals surface area contributed by atoms with Gasteiger partial charge >= 0.3 is 5.97 Å². The van der Waals surface area contributed by atoms with Crippen molar-refractivity contribution in [3.05, 3.63) is 58.4 Å². The predicted octanol–water partition coefficient (Wildman–Crippen LogP) is 3.20. The number of carboxylic acids is 1. The molecule has 2 aromatic carbocycles. The van der Waals surface area contributed by atoms with Gasteiger partial charge in [-0.05, 0) is 47.7 Å². The summed E-state index contributed by atoms with van der Waals surface area (Å²) in [4.78, 5) is 43.3. The molecule has 37 heavy (non-hydrogen) atoms. The first kappa shape index (κ1) is 25.9. The summed E-state index contributed by atoms with van der Waals surface area (Å²) < 4.78 is 7.18. The van der Waals surface area contributed by atoms with E-state index < -0.39 is 5.97 Å². The van der Waals surface area contributed by atoms with Crippen molar-refractivity contribution in [3.8, 4) is 5.75 Å². The Labute approximate surface area is 214 Å². The maximum atomic E-state index is 13.5. The molecule has 0 saturated carbocycles. The molecule has 1 aliphatic rings. The van der Waals surface area contributed by atoms with Gasteiger partial charge in [0.15, 0.2) is 5.78 Å². The Balaban J connectivity index is 1.67. The van der Waals surface area contributed by atoms with Gasteiger partial charge in [0.05, 0.1) is 36.1 Å². The SMILES string of the molecule is CCOc1cc2c(cc1C(=O)NC)C(=N)N(CC(=O)c1cc(C(C)(C)C)c3ncn(CC(=O)O)c3c1)C2. The second-order valence-corrected chi connectivity index (χ2v) is 10.1. The van der Waals surface area contributed by atoms with E-state index in [-0.39, 0.29) is 36.0 Å². The van der Waals surface area contributed by atoms with Crippen molar-refractivity contribution in [1.29, 1.82) is 5.41 Å². The largest absolute Gasteiger partial charge is 0.493 e. The number of carbonyl (C=O) groups is 3. The lowest BCUT2D eigenvalue weighted by atomic mass is 9.84. The van der Waals surface area contributed by atoms with E-state index in [4.69, 9.17) is 10.1 Å². The van der Waals surface area contributed by atoms with Crippen LogP contribution >= 0.6 is 0 Å². The van der Waals surface area contributed by atoms with Crippen LogP contribution in [-0.2, 0) is 23.3 Å². The van der Waals surface area contributed by atoms with Gasteiger partial charge in [0.2, 0.25) is 0 Å². The van der Waals surface area contributed by atoms with Gasteiger partial charge in [-0.2, -0.15) is 0 Å². The summed E-state index contributed by atoms with van der Waals surface area (Å²) in [6.45, 7) is 8.28.